The van der Waals surface area contributed by atoms with Gasteiger partial charge in [-0.3, -0.25) is 4.79 Å². The molecule has 2 aliphatic rings. The van der Waals surface area contributed by atoms with E-state index in [2.05, 4.69) is 4.72 Å². The Morgan fingerprint density at radius 3 is 2.75 bits per heavy atom. The highest BCUT2D eigenvalue weighted by atomic mass is 32.2. The van der Waals surface area contributed by atoms with Crippen molar-refractivity contribution < 1.29 is 13.2 Å². The van der Waals surface area contributed by atoms with E-state index in [0.717, 1.165) is 24.9 Å². The number of carbonyl (C=O) groups is 1. The third-order valence-corrected chi connectivity index (χ3v) is 6.83. The molecule has 1 saturated heterocycles. The third kappa shape index (κ3) is 3.08. The van der Waals surface area contributed by atoms with Gasteiger partial charge in [-0.25, -0.2) is 13.1 Å². The minimum atomic E-state index is -3.57. The summed E-state index contributed by atoms with van der Waals surface area (Å²) in [4.78, 5) is 14.9. The van der Waals surface area contributed by atoms with Crippen molar-refractivity contribution in [3.63, 3.8) is 0 Å². The van der Waals surface area contributed by atoms with Crippen LogP contribution >= 0.6 is 0 Å². The van der Waals surface area contributed by atoms with E-state index >= 15 is 0 Å². The minimum absolute atomic E-state index is 0.0948. The molecule has 3 rings (SSSR count). The lowest BCUT2D eigenvalue weighted by molar-refractivity contribution is 0.0778. The van der Waals surface area contributed by atoms with Gasteiger partial charge in [-0.15, -0.1) is 0 Å². The summed E-state index contributed by atoms with van der Waals surface area (Å²) in [7, 11) is -3.57. The van der Waals surface area contributed by atoms with Crippen LogP contribution in [0.25, 0.3) is 0 Å². The van der Waals surface area contributed by atoms with Gasteiger partial charge in [0.1, 0.15) is 0 Å². The molecule has 3 unspecified atom stereocenters. The van der Waals surface area contributed by atoms with Crippen molar-refractivity contribution in [3.8, 4) is 0 Å². The number of sulfonamides is 1. The molecule has 1 amide bonds. The van der Waals surface area contributed by atoms with Gasteiger partial charge in [-0.2, -0.15) is 0 Å². The molecule has 1 saturated carbocycles. The number of rotatable bonds is 4. The smallest absolute Gasteiger partial charge is 0.254 e. The van der Waals surface area contributed by atoms with Crippen LogP contribution in [0.5, 0.6) is 0 Å². The molecule has 24 heavy (non-hydrogen) atoms. The van der Waals surface area contributed by atoms with E-state index in [-0.39, 0.29) is 16.8 Å². The topological polar surface area (TPSA) is 92.5 Å². The molecular formula is C17H25N3O3S. The molecule has 132 valence electrons. The zero-order chi connectivity index (χ0) is 17.5. The lowest BCUT2D eigenvalue weighted by Crippen LogP contribution is -2.34. The number of likely N-dealkylation sites (tertiary alicyclic amines) is 1. The predicted molar refractivity (Wildman–Crippen MR) is 92.1 cm³/mol. The number of aryl methyl sites for hydroxylation is 1. The summed E-state index contributed by atoms with van der Waals surface area (Å²) < 4.78 is 26.8. The zero-order valence-electron chi connectivity index (χ0n) is 14.2. The van der Waals surface area contributed by atoms with Gasteiger partial charge < -0.3 is 10.6 Å². The fourth-order valence-corrected chi connectivity index (χ4v) is 4.98. The van der Waals surface area contributed by atoms with Gasteiger partial charge in [-0.05, 0) is 49.3 Å². The molecule has 1 aliphatic carbocycles. The lowest BCUT2D eigenvalue weighted by Gasteiger charge is -2.20. The number of nitrogens with zero attached hydrogens (tertiary/aromatic N) is 1. The maximum Gasteiger partial charge on any atom is 0.254 e. The number of benzene rings is 1. The van der Waals surface area contributed by atoms with E-state index in [9.17, 15) is 13.2 Å². The first-order valence-electron chi connectivity index (χ1n) is 8.48. The Bertz CT molecular complexity index is 747. The molecule has 0 bridgehead atoms. The van der Waals surface area contributed by atoms with E-state index in [4.69, 9.17) is 5.73 Å². The lowest BCUT2D eigenvalue weighted by atomic mass is 9.98. The molecule has 6 nitrogen and oxygen atoms in total. The molecule has 1 aliphatic heterocycles. The van der Waals surface area contributed by atoms with Crippen molar-refractivity contribution in [2.45, 2.75) is 37.6 Å². The van der Waals surface area contributed by atoms with Crippen LogP contribution in [0.4, 0.5) is 0 Å². The first kappa shape index (κ1) is 17.4. The summed E-state index contributed by atoms with van der Waals surface area (Å²) in [6.45, 7) is 5.27. The summed E-state index contributed by atoms with van der Waals surface area (Å²) in [5.74, 6) is 0.767. The van der Waals surface area contributed by atoms with E-state index in [1.54, 1.807) is 19.1 Å². The van der Waals surface area contributed by atoms with Crippen LogP contribution in [0.1, 0.15) is 35.7 Å². The first-order chi connectivity index (χ1) is 11.3. The number of nitrogens with two attached hydrogens (primary N) is 1. The first-order valence-corrected chi connectivity index (χ1v) is 9.97. The Morgan fingerprint density at radius 2 is 2.08 bits per heavy atom. The SMILES string of the molecule is CCNS(=O)(=O)c1ccc(C)c(C(=O)N2CC3CCC(N)C3C2)c1. The van der Waals surface area contributed by atoms with Crippen LogP contribution in [0.2, 0.25) is 0 Å². The second-order valence-electron chi connectivity index (χ2n) is 6.85. The maximum absolute atomic E-state index is 12.9. The highest BCUT2D eigenvalue weighted by Crippen LogP contribution is 2.37. The number of hydrogen-bond acceptors (Lipinski definition) is 4. The Kier molecular flexibility index (Phi) is 4.68. The second kappa shape index (κ2) is 6.46. The van der Waals surface area contributed by atoms with E-state index in [1.807, 2.05) is 11.8 Å². The molecule has 0 spiro atoms. The zero-order valence-corrected chi connectivity index (χ0v) is 15.0. The van der Waals surface area contributed by atoms with Crippen molar-refractivity contribution in [3.05, 3.63) is 29.3 Å². The molecular weight excluding hydrogens is 326 g/mol. The van der Waals surface area contributed by atoms with Crippen molar-refractivity contribution in [1.82, 2.24) is 9.62 Å². The van der Waals surface area contributed by atoms with Crippen molar-refractivity contribution in [1.29, 1.82) is 0 Å². The van der Waals surface area contributed by atoms with Crippen LogP contribution in [0.3, 0.4) is 0 Å². The van der Waals surface area contributed by atoms with Crippen LogP contribution in [0.15, 0.2) is 23.1 Å². The highest BCUT2D eigenvalue weighted by molar-refractivity contribution is 7.89. The van der Waals surface area contributed by atoms with Crippen molar-refractivity contribution in [2.75, 3.05) is 19.6 Å². The molecule has 3 N–H and O–H groups in total. The molecule has 3 atom stereocenters. The quantitative estimate of drug-likeness (QED) is 0.850. The van der Waals surface area contributed by atoms with Crippen molar-refractivity contribution >= 4 is 15.9 Å². The van der Waals surface area contributed by atoms with Gasteiger partial charge in [0.25, 0.3) is 5.91 Å². The standard InChI is InChI=1S/C17H25N3O3S/c1-3-19-24(22,23)13-6-4-11(2)14(8-13)17(21)20-9-12-5-7-16(18)15(12)10-20/h4,6,8,12,15-16,19H,3,5,7,9-10,18H2,1-2H3. The largest absolute Gasteiger partial charge is 0.338 e. The van der Waals surface area contributed by atoms with Gasteiger partial charge in [0, 0.05) is 31.2 Å². The maximum atomic E-state index is 12.9. The molecule has 7 heteroatoms. The van der Waals surface area contributed by atoms with Crippen LogP contribution < -0.4 is 10.5 Å². The summed E-state index contributed by atoms with van der Waals surface area (Å²) >= 11 is 0. The Hall–Kier alpha value is -1.44. The Balaban J connectivity index is 1.85. The molecule has 1 aromatic rings. The fourth-order valence-electron chi connectivity index (χ4n) is 3.92. The molecule has 0 radical (unpaired) electrons. The van der Waals surface area contributed by atoms with Gasteiger partial charge in [-0.1, -0.05) is 13.0 Å². The second-order valence-corrected chi connectivity index (χ2v) is 8.62. The van der Waals surface area contributed by atoms with E-state index in [0.29, 0.717) is 30.5 Å². The molecule has 1 aromatic carbocycles. The molecule has 0 aromatic heterocycles. The summed E-state index contributed by atoms with van der Waals surface area (Å²) in [6.07, 6.45) is 2.11. The number of amides is 1. The van der Waals surface area contributed by atoms with Crippen LogP contribution in [0, 0.1) is 18.8 Å². The van der Waals surface area contributed by atoms with Crippen molar-refractivity contribution in [2.24, 2.45) is 17.6 Å². The van der Waals surface area contributed by atoms with Gasteiger partial charge in [0.05, 0.1) is 4.90 Å². The monoisotopic (exact) mass is 351 g/mol. The highest BCUT2D eigenvalue weighted by Gasteiger charge is 2.42. The molecule has 2 fully saturated rings. The van der Waals surface area contributed by atoms with E-state index in [1.165, 1.54) is 6.07 Å². The minimum Gasteiger partial charge on any atom is -0.338 e. The summed E-state index contributed by atoms with van der Waals surface area (Å²) in [5.41, 5.74) is 7.39. The van der Waals surface area contributed by atoms with Gasteiger partial charge in [0.2, 0.25) is 10.0 Å². The number of carbonyl (C=O) groups excluding carboxylic acids is 1. The number of nitrogens with one attached hydrogen (secondary N) is 1. The van der Waals surface area contributed by atoms with E-state index < -0.39 is 10.0 Å². The predicted octanol–water partition coefficient (Wildman–Crippen LogP) is 1.10. The van der Waals surface area contributed by atoms with Gasteiger partial charge >= 0.3 is 0 Å². The fraction of sp³-hybridized carbons (Fsp3) is 0.588. The summed E-state index contributed by atoms with van der Waals surface area (Å²) in [5, 5.41) is 0. The summed E-state index contributed by atoms with van der Waals surface area (Å²) in [6, 6.07) is 4.90. The van der Waals surface area contributed by atoms with Gasteiger partial charge in [0.15, 0.2) is 0 Å². The average Bonchev–Trinajstić information content (AvgIpc) is 3.09. The Morgan fingerprint density at radius 1 is 1.33 bits per heavy atom. The number of hydrogen-bond donors (Lipinski definition) is 2. The molecule has 1 heterocycles. The third-order valence-electron chi connectivity index (χ3n) is 5.28. The Labute approximate surface area is 143 Å². The van der Waals surface area contributed by atoms with Crippen LogP contribution in [-0.2, 0) is 10.0 Å². The van der Waals surface area contributed by atoms with Crippen LogP contribution in [-0.4, -0.2) is 44.9 Å². The normalized spacial score (nSPS) is 26.6. The number of fused-ring (bicyclic) bond motifs is 1. The average molecular weight is 351 g/mol.